The summed E-state index contributed by atoms with van der Waals surface area (Å²) >= 11 is 0. The van der Waals surface area contributed by atoms with Gasteiger partial charge in [0.1, 0.15) is 0 Å². The second kappa shape index (κ2) is 6.31. The summed E-state index contributed by atoms with van der Waals surface area (Å²) in [5.41, 5.74) is 1.01. The van der Waals surface area contributed by atoms with E-state index < -0.39 is 5.97 Å². The predicted octanol–water partition coefficient (Wildman–Crippen LogP) is 1.92. The number of nitrogens with zero attached hydrogens (tertiary/aromatic N) is 1. The van der Waals surface area contributed by atoms with E-state index in [-0.39, 0.29) is 11.3 Å². The second-order valence-electron chi connectivity index (χ2n) is 5.54. The van der Waals surface area contributed by atoms with E-state index in [0.717, 1.165) is 0 Å². The van der Waals surface area contributed by atoms with Crippen LogP contribution in [0.5, 0.6) is 0 Å². The van der Waals surface area contributed by atoms with Gasteiger partial charge in [0.05, 0.1) is 24.9 Å². The fraction of sp³-hybridized carbons (Fsp3) is 0.500. The van der Waals surface area contributed by atoms with Gasteiger partial charge in [-0.3, -0.25) is 9.78 Å². The smallest absolute Gasteiger partial charge is 0.337 e. The number of nitrogens with one attached hydrogen (secondary N) is 1. The molecule has 0 unspecified atom stereocenters. The molecule has 19 heavy (non-hydrogen) atoms. The van der Waals surface area contributed by atoms with Gasteiger partial charge in [-0.1, -0.05) is 20.8 Å². The van der Waals surface area contributed by atoms with Crippen LogP contribution in [0, 0.1) is 5.41 Å². The molecule has 5 nitrogen and oxygen atoms in total. The Balaban J connectivity index is 2.59. The molecule has 1 N–H and O–H groups in total. The highest BCUT2D eigenvalue weighted by Gasteiger charge is 2.15. The minimum Gasteiger partial charge on any atom is -0.465 e. The highest BCUT2D eigenvalue weighted by Crippen LogP contribution is 2.17. The third kappa shape index (κ3) is 5.50. The molecule has 1 aromatic heterocycles. The van der Waals surface area contributed by atoms with Crippen LogP contribution >= 0.6 is 0 Å². The molecule has 0 aliphatic rings. The van der Waals surface area contributed by atoms with Crippen molar-refractivity contribution < 1.29 is 14.3 Å². The van der Waals surface area contributed by atoms with Crippen molar-refractivity contribution in [2.75, 3.05) is 7.11 Å². The maximum atomic E-state index is 11.7. The fourth-order valence-corrected chi connectivity index (χ4v) is 1.55. The average molecular weight is 264 g/mol. The molecule has 0 radical (unpaired) electrons. The number of carbonyl (C=O) groups is 2. The van der Waals surface area contributed by atoms with Gasteiger partial charge in [0.2, 0.25) is 5.91 Å². The van der Waals surface area contributed by atoms with E-state index in [9.17, 15) is 9.59 Å². The summed E-state index contributed by atoms with van der Waals surface area (Å²) in [5, 5.41) is 2.79. The third-order valence-electron chi connectivity index (χ3n) is 2.40. The van der Waals surface area contributed by atoms with Crippen molar-refractivity contribution in [1.82, 2.24) is 10.3 Å². The number of hydrogen-bond acceptors (Lipinski definition) is 4. The normalized spacial score (nSPS) is 10.9. The highest BCUT2D eigenvalue weighted by atomic mass is 16.5. The zero-order chi connectivity index (χ0) is 14.5. The van der Waals surface area contributed by atoms with Crippen LogP contribution in [0.4, 0.5) is 0 Å². The first-order chi connectivity index (χ1) is 8.81. The number of ether oxygens (including phenoxy) is 1. The Morgan fingerprint density at radius 1 is 1.37 bits per heavy atom. The first-order valence-corrected chi connectivity index (χ1v) is 6.12. The van der Waals surface area contributed by atoms with Crippen molar-refractivity contribution in [3.63, 3.8) is 0 Å². The number of carbonyl (C=O) groups excluding carboxylic acids is 2. The van der Waals surface area contributed by atoms with Crippen LogP contribution in [0.3, 0.4) is 0 Å². The molecule has 0 spiro atoms. The first kappa shape index (κ1) is 15.1. The Labute approximate surface area is 113 Å². The molecule has 0 aromatic carbocycles. The van der Waals surface area contributed by atoms with Gasteiger partial charge in [-0.25, -0.2) is 4.79 Å². The Kier molecular flexibility index (Phi) is 5.03. The molecule has 0 aliphatic carbocycles. The van der Waals surface area contributed by atoms with Crippen molar-refractivity contribution in [1.29, 1.82) is 0 Å². The number of pyridine rings is 1. The zero-order valence-corrected chi connectivity index (χ0v) is 11.8. The number of hydrogen-bond donors (Lipinski definition) is 1. The van der Waals surface area contributed by atoms with Crippen molar-refractivity contribution in [2.24, 2.45) is 5.41 Å². The van der Waals surface area contributed by atoms with E-state index in [0.29, 0.717) is 24.2 Å². The molecule has 0 saturated heterocycles. The average Bonchev–Trinajstić information content (AvgIpc) is 2.34. The minimum atomic E-state index is -0.412. The fourth-order valence-electron chi connectivity index (χ4n) is 1.55. The van der Waals surface area contributed by atoms with E-state index in [1.807, 2.05) is 20.8 Å². The quantitative estimate of drug-likeness (QED) is 0.844. The topological polar surface area (TPSA) is 68.3 Å². The Hall–Kier alpha value is -1.91. The van der Waals surface area contributed by atoms with Gasteiger partial charge in [-0.05, 0) is 17.5 Å². The molecule has 0 atom stereocenters. The number of aromatic nitrogens is 1. The van der Waals surface area contributed by atoms with Crippen LogP contribution in [0.2, 0.25) is 0 Å². The lowest BCUT2D eigenvalue weighted by atomic mass is 9.92. The Bertz CT molecular complexity index is 464. The molecule has 104 valence electrons. The lowest BCUT2D eigenvalue weighted by Gasteiger charge is -2.17. The van der Waals surface area contributed by atoms with E-state index in [2.05, 4.69) is 15.0 Å². The van der Waals surface area contributed by atoms with Crippen LogP contribution in [0.25, 0.3) is 0 Å². The monoisotopic (exact) mass is 264 g/mol. The molecular weight excluding hydrogens is 244 g/mol. The summed E-state index contributed by atoms with van der Waals surface area (Å²) in [6.07, 6.45) is 1.97. The molecular formula is C14H20N2O3. The van der Waals surface area contributed by atoms with Gasteiger partial charge in [-0.2, -0.15) is 0 Å². The van der Waals surface area contributed by atoms with Crippen molar-refractivity contribution in [3.05, 3.63) is 29.6 Å². The SMILES string of the molecule is COC(=O)c1ccnc(CNC(=O)CC(C)(C)C)c1. The molecule has 1 rings (SSSR count). The first-order valence-electron chi connectivity index (χ1n) is 6.12. The second-order valence-corrected chi connectivity index (χ2v) is 5.54. The molecule has 0 bridgehead atoms. The maximum Gasteiger partial charge on any atom is 0.337 e. The Morgan fingerprint density at radius 2 is 2.05 bits per heavy atom. The van der Waals surface area contributed by atoms with Crippen molar-refractivity contribution in [2.45, 2.75) is 33.7 Å². The molecule has 1 aromatic rings. The molecule has 1 amide bonds. The number of methoxy groups -OCH3 is 1. The summed E-state index contributed by atoms with van der Waals surface area (Å²) in [7, 11) is 1.33. The predicted molar refractivity (Wildman–Crippen MR) is 71.5 cm³/mol. The summed E-state index contributed by atoms with van der Waals surface area (Å²) in [6, 6.07) is 3.19. The van der Waals surface area contributed by atoms with E-state index in [1.54, 1.807) is 12.1 Å². The van der Waals surface area contributed by atoms with Crippen molar-refractivity contribution >= 4 is 11.9 Å². The van der Waals surface area contributed by atoms with Crippen LogP contribution in [-0.2, 0) is 16.1 Å². The summed E-state index contributed by atoms with van der Waals surface area (Å²) in [6.45, 7) is 6.31. The van der Waals surface area contributed by atoms with E-state index in [4.69, 9.17) is 0 Å². The standard InChI is InChI=1S/C14H20N2O3/c1-14(2,3)8-12(17)16-9-11-7-10(5-6-15-11)13(18)19-4/h5-7H,8-9H2,1-4H3,(H,16,17). The third-order valence-corrected chi connectivity index (χ3v) is 2.40. The van der Waals surface area contributed by atoms with Crippen LogP contribution < -0.4 is 5.32 Å². The number of amides is 1. The molecule has 1 heterocycles. The van der Waals surface area contributed by atoms with Gasteiger partial charge < -0.3 is 10.1 Å². The van der Waals surface area contributed by atoms with Crippen LogP contribution in [0.15, 0.2) is 18.3 Å². The Morgan fingerprint density at radius 3 is 2.63 bits per heavy atom. The largest absolute Gasteiger partial charge is 0.465 e. The minimum absolute atomic E-state index is 0.0298. The molecule has 0 aliphatic heterocycles. The lowest BCUT2D eigenvalue weighted by molar-refractivity contribution is -0.123. The van der Waals surface area contributed by atoms with Gasteiger partial charge in [0.15, 0.2) is 0 Å². The summed E-state index contributed by atoms with van der Waals surface area (Å²) < 4.78 is 4.63. The summed E-state index contributed by atoms with van der Waals surface area (Å²) in [4.78, 5) is 27.1. The van der Waals surface area contributed by atoms with Gasteiger partial charge in [0, 0.05) is 12.6 Å². The van der Waals surface area contributed by atoms with E-state index >= 15 is 0 Å². The molecule has 5 heteroatoms. The maximum absolute atomic E-state index is 11.7. The van der Waals surface area contributed by atoms with Crippen LogP contribution in [-0.4, -0.2) is 24.0 Å². The van der Waals surface area contributed by atoms with Gasteiger partial charge in [-0.15, -0.1) is 0 Å². The molecule has 0 fully saturated rings. The highest BCUT2D eigenvalue weighted by molar-refractivity contribution is 5.89. The van der Waals surface area contributed by atoms with Crippen LogP contribution in [0.1, 0.15) is 43.2 Å². The number of rotatable bonds is 4. The van der Waals surface area contributed by atoms with E-state index in [1.165, 1.54) is 13.3 Å². The summed E-state index contributed by atoms with van der Waals surface area (Å²) in [5.74, 6) is -0.442. The molecule has 0 saturated carbocycles. The van der Waals surface area contributed by atoms with Crippen molar-refractivity contribution in [3.8, 4) is 0 Å². The van der Waals surface area contributed by atoms with Gasteiger partial charge in [0.25, 0.3) is 0 Å². The zero-order valence-electron chi connectivity index (χ0n) is 11.8. The number of esters is 1. The van der Waals surface area contributed by atoms with Gasteiger partial charge >= 0.3 is 5.97 Å². The lowest BCUT2D eigenvalue weighted by Crippen LogP contribution is -2.27.